The Kier molecular flexibility index (Phi) is 31.2. The van der Waals surface area contributed by atoms with Gasteiger partial charge < -0.3 is 0 Å². The molecule has 18 unspecified atom stereocenters. The van der Waals surface area contributed by atoms with Crippen molar-refractivity contribution in [3.05, 3.63) is 0 Å². The molecular formula is H31P29. The Morgan fingerprint density at radius 2 is 0.621 bits per heavy atom. The van der Waals surface area contributed by atoms with Crippen molar-refractivity contribution in [2.24, 2.45) is 0 Å². The first-order valence-corrected chi connectivity index (χ1v) is 58.3. The second kappa shape index (κ2) is 22.9. The maximum Gasteiger partial charge on any atom is 0.0690 e. The predicted molar refractivity (Wildman–Crippen MR) is 244 cm³/mol. The molecular weight excluding hydrogens is 898 g/mol. The normalized spacial score (nSPS) is 17.5. The van der Waals surface area contributed by atoms with Crippen LogP contribution in [0.2, 0.25) is 0 Å². The van der Waals surface area contributed by atoms with Crippen LogP contribution in [0.25, 0.3) is 0 Å². The van der Waals surface area contributed by atoms with Crippen LogP contribution in [0.4, 0.5) is 0 Å². The lowest BCUT2D eigenvalue weighted by molar-refractivity contribution is 4.49. The summed E-state index contributed by atoms with van der Waals surface area (Å²) in [6, 6.07) is 0. The summed E-state index contributed by atoms with van der Waals surface area (Å²) in [4.78, 5) is 0. The molecule has 176 valence electrons. The Hall–Kier alpha value is 12.5. The maximum absolute atomic E-state index is 10.1. The Morgan fingerprint density at radius 1 is 0.379 bits per heavy atom. The zero-order valence-electron chi connectivity index (χ0n) is 15.9. The van der Waals surface area contributed by atoms with Gasteiger partial charge in [0, 0.05) is 0 Å². The van der Waals surface area contributed by atoms with E-state index in [1.165, 1.54) is 0 Å². The van der Waals surface area contributed by atoms with Crippen molar-refractivity contribution in [1.82, 2.24) is 0 Å². The molecule has 0 aliphatic rings. The van der Waals surface area contributed by atoms with Gasteiger partial charge in [0.25, 0.3) is 0 Å². The fourth-order valence-electron chi connectivity index (χ4n) is 1.38. The Bertz CT molecular complexity index is 401. The van der Waals surface area contributed by atoms with E-state index >= 15 is 0 Å². The SMILES string of the molecule is [3H]P(P(P(P)P(P)P)P(P(P)P)P(P)P)P(P(P(P)P)P(P)P)P(P(P)P)P(P)P. The minimum Gasteiger partial charge on any atom is -0.102 e. The summed E-state index contributed by atoms with van der Waals surface area (Å²) in [5, 5.41) is 0. The van der Waals surface area contributed by atoms with Gasteiger partial charge in [-0.1, -0.05) is 0 Å². The Balaban J connectivity index is 6.74. The van der Waals surface area contributed by atoms with Gasteiger partial charge in [0.05, 0.1) is 1.28 Å². The lowest BCUT2D eigenvalue weighted by Crippen LogP contribution is -1.57. The minimum atomic E-state index is -0.691. The van der Waals surface area contributed by atoms with Crippen LogP contribution >= 0.6 is 233 Å². The molecule has 0 N–H and O–H groups in total. The van der Waals surface area contributed by atoms with Crippen molar-refractivity contribution in [3.8, 4) is 0 Å². The lowest BCUT2D eigenvalue weighted by atomic mass is 28.5. The van der Waals surface area contributed by atoms with Gasteiger partial charge in [-0.2, -0.15) is 0 Å². The summed E-state index contributed by atoms with van der Waals surface area (Å²) in [5.41, 5.74) is 0. The van der Waals surface area contributed by atoms with Crippen LogP contribution in [-0.4, -0.2) is 1.28 Å². The average Bonchev–Trinajstić information content (AvgIpc) is 2.55. The third-order valence-electron chi connectivity index (χ3n) is 2.30. The van der Waals surface area contributed by atoms with Gasteiger partial charge in [0.1, 0.15) is 0 Å². The highest BCUT2D eigenvalue weighted by molar-refractivity contribution is 9.37. The second-order valence-corrected chi connectivity index (χ2v) is 119. The van der Waals surface area contributed by atoms with Gasteiger partial charge in [-0.05, 0) is 98.7 Å². The van der Waals surface area contributed by atoms with E-state index in [9.17, 15) is 1.28 Å². The highest BCUT2D eigenvalue weighted by Crippen LogP contribution is 3.31. The molecule has 0 saturated carbocycles. The summed E-state index contributed by atoms with van der Waals surface area (Å²) < 4.78 is 10.1. The first-order chi connectivity index (χ1) is 13.6. The molecule has 0 fully saturated rings. The third kappa shape index (κ3) is 16.4. The van der Waals surface area contributed by atoms with E-state index in [0.29, 0.717) is 0 Å². The number of hydrogen-bond donors (Lipinski definition) is 0. The highest BCUT2D eigenvalue weighted by Gasteiger charge is 2.43. The molecule has 0 spiro atoms. The van der Waals surface area contributed by atoms with Crippen LogP contribution < -0.4 is 0 Å². The third-order valence-corrected chi connectivity index (χ3v) is 186. The number of hydrogen-bond acceptors (Lipinski definition) is 0. The minimum absolute atomic E-state index is 0.116. The van der Waals surface area contributed by atoms with E-state index in [-0.39, 0.29) is 90.8 Å². The molecule has 0 aliphatic carbocycles. The van der Waals surface area contributed by atoms with Gasteiger partial charge in [0.2, 0.25) is 0 Å². The van der Waals surface area contributed by atoms with Gasteiger partial charge in [-0.3, -0.25) is 0 Å². The molecule has 0 aromatic heterocycles. The molecule has 0 nitrogen and oxygen atoms in total. The lowest BCUT2D eigenvalue weighted by Gasteiger charge is -2.46. The quantitative estimate of drug-likeness (QED) is 0.161. The Morgan fingerprint density at radius 3 is 0.828 bits per heavy atom. The zero-order chi connectivity index (χ0) is 24.1. The molecule has 0 bridgehead atoms. The summed E-state index contributed by atoms with van der Waals surface area (Å²) in [5.74, 6) is 0. The first kappa shape index (κ1) is 39.5. The van der Waals surface area contributed by atoms with Crippen molar-refractivity contribution in [2.75, 3.05) is 0 Å². The van der Waals surface area contributed by atoms with E-state index in [2.05, 4.69) is 134 Å². The van der Waals surface area contributed by atoms with Gasteiger partial charge in [-0.25, -0.2) is 0 Å². The maximum atomic E-state index is 10.1. The van der Waals surface area contributed by atoms with Crippen molar-refractivity contribution < 1.29 is 0 Å². The van der Waals surface area contributed by atoms with Gasteiger partial charge in [0.15, 0.2) is 0 Å². The largest absolute Gasteiger partial charge is 0.102 e. The van der Waals surface area contributed by atoms with Crippen LogP contribution in [0.15, 0.2) is 0 Å². The highest BCUT2D eigenvalue weighted by atomic mass is 33.4. The molecule has 0 aromatic rings. The molecule has 29 heteroatoms. The summed E-state index contributed by atoms with van der Waals surface area (Å²) in [7, 11) is 47.1. The van der Waals surface area contributed by atoms with Gasteiger partial charge in [-0.15, -0.1) is 134 Å². The fraction of sp³-hybridized carbons (Fsp3) is 0. The standard InChI is InChI=1S/H31P29/c1-17(2)24(15)25(27(18(3)4)19(5)6)16-26(28(20(7)8)21(9)10)29(22(11)12)23(13)14/h16H,1-15H2/i16T. The van der Waals surface area contributed by atoms with Crippen molar-refractivity contribution in [3.63, 3.8) is 0 Å². The fourth-order valence-corrected chi connectivity index (χ4v) is 335. The molecule has 0 radical (unpaired) electrons. The van der Waals surface area contributed by atoms with E-state index < -0.39 is 7.90 Å². The van der Waals surface area contributed by atoms with Gasteiger partial charge >= 0.3 is 0 Å². The summed E-state index contributed by atoms with van der Waals surface area (Å²) in [6.07, 6.45) is 0. The summed E-state index contributed by atoms with van der Waals surface area (Å²) in [6.45, 7) is -2.10. The van der Waals surface area contributed by atoms with Crippen molar-refractivity contribution in [1.29, 1.82) is 1.28 Å². The van der Waals surface area contributed by atoms with Crippen LogP contribution in [0.3, 0.4) is 0 Å². The molecule has 0 aliphatic heterocycles. The van der Waals surface area contributed by atoms with Crippen LogP contribution in [0.5, 0.6) is 0 Å². The predicted octanol–water partition coefficient (Wildman–Crippen LogP) is 16.7. The van der Waals surface area contributed by atoms with E-state index in [0.717, 1.165) is 0 Å². The second-order valence-electron chi connectivity index (χ2n) is 4.41. The van der Waals surface area contributed by atoms with E-state index in [4.69, 9.17) is 0 Å². The van der Waals surface area contributed by atoms with E-state index in [1.807, 2.05) is 0 Å². The molecule has 0 saturated heterocycles. The molecule has 18 atom stereocenters. The zero-order valence-corrected chi connectivity index (χ0v) is 44.8. The monoisotopic (exact) mass is 931 g/mol. The van der Waals surface area contributed by atoms with Crippen molar-refractivity contribution >= 4 is 233 Å². The number of rotatable bonds is 13. The van der Waals surface area contributed by atoms with Crippen LogP contribution in [0, 0.1) is 0 Å². The van der Waals surface area contributed by atoms with Crippen molar-refractivity contribution in [2.45, 2.75) is 0 Å². The van der Waals surface area contributed by atoms with E-state index in [1.54, 1.807) is 0 Å². The Labute approximate surface area is 231 Å². The smallest absolute Gasteiger partial charge is 0.0690 e. The molecule has 0 aromatic carbocycles. The molecule has 0 rings (SSSR count). The molecule has 29 heavy (non-hydrogen) atoms. The molecule has 0 heterocycles. The average molecular weight is 932 g/mol. The topological polar surface area (TPSA) is 0 Å². The molecule has 0 amide bonds. The van der Waals surface area contributed by atoms with Crippen LogP contribution in [-0.2, 0) is 0 Å². The summed E-state index contributed by atoms with van der Waals surface area (Å²) >= 11 is 0. The first-order valence-electron chi connectivity index (χ1n) is 6.92. The van der Waals surface area contributed by atoms with Crippen LogP contribution in [0.1, 0.15) is 0 Å².